The fraction of sp³-hybridized carbons (Fsp3) is 0.250. The Morgan fingerprint density at radius 3 is 2.48 bits per heavy atom. The summed E-state index contributed by atoms with van der Waals surface area (Å²) in [6.07, 6.45) is 2.41. The van der Waals surface area contributed by atoms with Gasteiger partial charge in [0.05, 0.1) is 18.0 Å². The molecule has 0 radical (unpaired) electrons. The molecule has 3 N–H and O–H groups in total. The summed E-state index contributed by atoms with van der Waals surface area (Å²) in [5.74, 6) is -0.200. The number of phenols is 1. The van der Waals surface area contributed by atoms with Gasteiger partial charge in [-0.15, -0.1) is 24.8 Å². The maximum Gasteiger partial charge on any atom is 0.356 e. The van der Waals surface area contributed by atoms with Gasteiger partial charge in [-0.1, -0.05) is 0 Å². The Balaban J connectivity index is 0.00000210. The van der Waals surface area contributed by atoms with Gasteiger partial charge in [0.1, 0.15) is 11.4 Å². The summed E-state index contributed by atoms with van der Waals surface area (Å²) in [5.41, 5.74) is 9.13. The highest BCUT2D eigenvalue weighted by molar-refractivity contribution is 5.89. The molecule has 0 aliphatic rings. The van der Waals surface area contributed by atoms with E-state index >= 15 is 0 Å². The molecular formula is C20H24Cl2N4O3. The Bertz CT molecular complexity index is 930. The van der Waals surface area contributed by atoms with Crippen molar-refractivity contribution in [2.75, 3.05) is 13.2 Å². The van der Waals surface area contributed by atoms with Gasteiger partial charge in [-0.05, 0) is 62.4 Å². The van der Waals surface area contributed by atoms with E-state index in [9.17, 15) is 9.90 Å². The van der Waals surface area contributed by atoms with Crippen molar-refractivity contribution in [1.29, 1.82) is 0 Å². The quantitative estimate of drug-likeness (QED) is 0.545. The average Bonchev–Trinajstić information content (AvgIpc) is 3.11. The first kappa shape index (κ1) is 24.4. The third kappa shape index (κ3) is 5.93. The van der Waals surface area contributed by atoms with Gasteiger partial charge < -0.3 is 15.6 Å². The molecule has 0 unspecified atom stereocenters. The summed E-state index contributed by atoms with van der Waals surface area (Å²) >= 11 is 0. The van der Waals surface area contributed by atoms with Crippen LogP contribution in [0.1, 0.15) is 23.8 Å². The van der Waals surface area contributed by atoms with Crippen molar-refractivity contribution in [1.82, 2.24) is 14.8 Å². The van der Waals surface area contributed by atoms with Crippen LogP contribution < -0.4 is 5.73 Å². The van der Waals surface area contributed by atoms with Crippen molar-refractivity contribution in [2.45, 2.75) is 19.9 Å². The van der Waals surface area contributed by atoms with E-state index in [0.29, 0.717) is 37.5 Å². The van der Waals surface area contributed by atoms with Crippen molar-refractivity contribution in [3.8, 4) is 28.3 Å². The maximum absolute atomic E-state index is 12.2. The second kappa shape index (κ2) is 11.4. The Hall–Kier alpha value is -2.61. The van der Waals surface area contributed by atoms with Crippen LogP contribution in [-0.2, 0) is 11.3 Å². The molecule has 7 nitrogen and oxygen atoms in total. The largest absolute Gasteiger partial charge is 0.508 e. The minimum absolute atomic E-state index is 0. The zero-order chi connectivity index (χ0) is 19.2. The molecular weight excluding hydrogens is 415 g/mol. The van der Waals surface area contributed by atoms with Gasteiger partial charge in [-0.3, -0.25) is 9.67 Å². The molecule has 0 atom stereocenters. The summed E-state index contributed by atoms with van der Waals surface area (Å²) in [7, 11) is 0. The number of pyridine rings is 1. The Morgan fingerprint density at radius 1 is 1.10 bits per heavy atom. The molecule has 3 rings (SSSR count). The minimum Gasteiger partial charge on any atom is -0.508 e. The molecule has 0 aliphatic carbocycles. The third-order valence-electron chi connectivity index (χ3n) is 4.06. The molecule has 2 heterocycles. The molecule has 0 fully saturated rings. The highest BCUT2D eigenvalue weighted by Crippen LogP contribution is 2.26. The molecule has 1 aromatic carbocycles. The van der Waals surface area contributed by atoms with E-state index < -0.39 is 5.97 Å². The minimum atomic E-state index is -0.402. The van der Waals surface area contributed by atoms with Gasteiger partial charge in [0.15, 0.2) is 0 Å². The number of halogens is 2. The summed E-state index contributed by atoms with van der Waals surface area (Å²) in [5, 5.41) is 14.0. The lowest BCUT2D eigenvalue weighted by Gasteiger charge is -2.05. The number of esters is 1. The molecule has 0 spiro atoms. The van der Waals surface area contributed by atoms with Crippen LogP contribution >= 0.6 is 24.8 Å². The Labute approximate surface area is 181 Å². The first-order chi connectivity index (χ1) is 13.1. The number of nitrogens with two attached hydrogens (primary N) is 1. The third-order valence-corrected chi connectivity index (χ3v) is 4.06. The molecule has 0 aliphatic heterocycles. The molecule has 0 saturated carbocycles. The van der Waals surface area contributed by atoms with Crippen LogP contribution in [0.4, 0.5) is 0 Å². The number of phenolic OH excluding ortho intramolecular Hbond substituents is 1. The van der Waals surface area contributed by atoms with Crippen molar-refractivity contribution < 1.29 is 14.6 Å². The average molecular weight is 439 g/mol. The molecule has 3 aromatic rings. The van der Waals surface area contributed by atoms with Gasteiger partial charge in [0.2, 0.25) is 0 Å². The molecule has 9 heteroatoms. The number of hydrogen-bond donors (Lipinski definition) is 2. The van der Waals surface area contributed by atoms with Crippen LogP contribution in [0, 0.1) is 0 Å². The lowest BCUT2D eigenvalue weighted by molar-refractivity contribution is 0.0511. The van der Waals surface area contributed by atoms with Crippen LogP contribution in [0.3, 0.4) is 0 Å². The molecule has 0 amide bonds. The summed E-state index contributed by atoms with van der Waals surface area (Å²) in [4.78, 5) is 16.6. The van der Waals surface area contributed by atoms with E-state index in [1.165, 1.54) is 0 Å². The number of carbonyl (C=O) groups excluding carboxylic acids is 1. The van der Waals surface area contributed by atoms with E-state index in [-0.39, 0.29) is 30.6 Å². The van der Waals surface area contributed by atoms with E-state index in [1.807, 2.05) is 12.1 Å². The normalized spacial score (nSPS) is 10.0. The fourth-order valence-corrected chi connectivity index (χ4v) is 2.72. The zero-order valence-corrected chi connectivity index (χ0v) is 17.6. The number of aryl methyl sites for hydroxylation is 1. The van der Waals surface area contributed by atoms with Crippen LogP contribution in [0.5, 0.6) is 5.75 Å². The summed E-state index contributed by atoms with van der Waals surface area (Å²) in [6.45, 7) is 3.13. The predicted molar refractivity (Wildman–Crippen MR) is 117 cm³/mol. The van der Waals surface area contributed by atoms with Gasteiger partial charge in [-0.25, -0.2) is 4.79 Å². The van der Waals surface area contributed by atoms with E-state index in [1.54, 1.807) is 48.1 Å². The second-order valence-corrected chi connectivity index (χ2v) is 5.98. The number of aromatic nitrogens is 3. The number of carbonyl (C=O) groups is 1. The van der Waals surface area contributed by atoms with Gasteiger partial charge in [-0.2, -0.15) is 5.10 Å². The molecule has 29 heavy (non-hydrogen) atoms. The van der Waals surface area contributed by atoms with Crippen LogP contribution in [0.25, 0.3) is 22.5 Å². The monoisotopic (exact) mass is 438 g/mol. The van der Waals surface area contributed by atoms with E-state index in [4.69, 9.17) is 10.5 Å². The summed E-state index contributed by atoms with van der Waals surface area (Å²) in [6, 6.07) is 12.3. The Kier molecular flexibility index (Phi) is 9.61. The number of rotatable bonds is 7. The van der Waals surface area contributed by atoms with Gasteiger partial charge in [0.25, 0.3) is 0 Å². The highest BCUT2D eigenvalue weighted by atomic mass is 35.5. The van der Waals surface area contributed by atoms with Gasteiger partial charge >= 0.3 is 5.97 Å². The molecule has 0 bridgehead atoms. The highest BCUT2D eigenvalue weighted by Gasteiger charge is 2.17. The van der Waals surface area contributed by atoms with Crippen LogP contribution in [0.2, 0.25) is 0 Å². The van der Waals surface area contributed by atoms with Crippen molar-refractivity contribution in [3.05, 3.63) is 54.4 Å². The molecule has 0 saturated heterocycles. The summed E-state index contributed by atoms with van der Waals surface area (Å²) < 4.78 is 6.77. The SMILES string of the molecule is CCOC(=O)c1cc(-c2ccnc(-c3ccc(O)cc3)c2)nn1CCCN.Cl.Cl. The first-order valence-electron chi connectivity index (χ1n) is 8.83. The zero-order valence-electron chi connectivity index (χ0n) is 15.9. The maximum atomic E-state index is 12.2. The van der Waals surface area contributed by atoms with Crippen LogP contribution in [-0.4, -0.2) is 39.0 Å². The van der Waals surface area contributed by atoms with Gasteiger partial charge in [0, 0.05) is 23.9 Å². The number of ether oxygens (including phenoxy) is 1. The smallest absolute Gasteiger partial charge is 0.356 e. The topological polar surface area (TPSA) is 103 Å². The van der Waals surface area contributed by atoms with Crippen molar-refractivity contribution in [2.24, 2.45) is 5.73 Å². The standard InChI is InChI=1S/C20H22N4O3.2ClH/c1-2-27-20(26)19-13-18(23-24(19)11-3-9-21)15-8-10-22-17(12-15)14-4-6-16(25)7-5-14;;/h4-8,10,12-13,25H,2-3,9,11,21H2,1H3;2*1H. The Morgan fingerprint density at radius 2 is 1.83 bits per heavy atom. The lowest BCUT2D eigenvalue weighted by Crippen LogP contribution is -2.15. The van der Waals surface area contributed by atoms with Crippen molar-refractivity contribution in [3.63, 3.8) is 0 Å². The van der Waals surface area contributed by atoms with E-state index in [2.05, 4.69) is 10.1 Å². The number of nitrogens with zero attached hydrogens (tertiary/aromatic N) is 3. The number of hydrogen-bond acceptors (Lipinski definition) is 6. The second-order valence-electron chi connectivity index (χ2n) is 5.98. The first-order valence-corrected chi connectivity index (χ1v) is 8.83. The lowest BCUT2D eigenvalue weighted by atomic mass is 10.1. The van der Waals surface area contributed by atoms with Crippen molar-refractivity contribution >= 4 is 30.8 Å². The van der Waals surface area contributed by atoms with Crippen LogP contribution in [0.15, 0.2) is 48.7 Å². The molecule has 156 valence electrons. The number of aromatic hydroxyl groups is 1. The predicted octanol–water partition coefficient (Wildman–Crippen LogP) is 3.69. The molecule has 2 aromatic heterocycles. The fourth-order valence-electron chi connectivity index (χ4n) is 2.72. The number of benzene rings is 1. The van der Waals surface area contributed by atoms with E-state index in [0.717, 1.165) is 16.8 Å².